The van der Waals surface area contributed by atoms with Crippen molar-refractivity contribution in [2.45, 2.75) is 5.37 Å². The maximum absolute atomic E-state index is 12.5. The van der Waals surface area contributed by atoms with Crippen molar-refractivity contribution >= 4 is 50.9 Å². The van der Waals surface area contributed by atoms with Gasteiger partial charge in [0, 0.05) is 15.2 Å². The molecule has 1 aliphatic rings. The summed E-state index contributed by atoms with van der Waals surface area (Å²) in [5, 5.41) is 0.648. The molecule has 0 radical (unpaired) electrons. The van der Waals surface area contributed by atoms with E-state index in [1.54, 1.807) is 23.9 Å². The van der Waals surface area contributed by atoms with E-state index in [-0.39, 0.29) is 11.3 Å². The van der Waals surface area contributed by atoms with Gasteiger partial charge in [0.2, 0.25) is 5.91 Å². The van der Waals surface area contributed by atoms with Crippen LogP contribution in [0.25, 0.3) is 0 Å². The van der Waals surface area contributed by atoms with E-state index in [0.717, 1.165) is 15.7 Å². The number of anilines is 1. The Hall–Kier alpha value is -1.95. The molecule has 0 saturated carbocycles. The molecule has 0 spiro atoms. The zero-order valence-electron chi connectivity index (χ0n) is 14.1. The summed E-state index contributed by atoms with van der Waals surface area (Å²) >= 11 is 11.0. The Bertz CT molecular complexity index is 945. The summed E-state index contributed by atoms with van der Waals surface area (Å²) in [5.74, 6) is 2.01. The van der Waals surface area contributed by atoms with Crippen LogP contribution in [0.5, 0.6) is 11.5 Å². The van der Waals surface area contributed by atoms with Gasteiger partial charge in [0.1, 0.15) is 16.9 Å². The number of thioether (sulfide) groups is 1. The molecule has 6 heteroatoms. The predicted molar refractivity (Wildman–Crippen MR) is 115 cm³/mol. The minimum absolute atomic E-state index is 0.0198. The standard InChI is InChI=1S/C21H15BrClNO2S/c22-15-3-1-14(2-4-15)21-24(20(25)13-27-21)17-7-11-19(12-8-17)26-18-9-5-16(23)6-10-18/h1-12,21H,13H2/t21-/m0/s1. The van der Waals surface area contributed by atoms with Gasteiger partial charge >= 0.3 is 0 Å². The van der Waals surface area contributed by atoms with Gasteiger partial charge in [-0.3, -0.25) is 9.69 Å². The van der Waals surface area contributed by atoms with Gasteiger partial charge in [0.25, 0.3) is 0 Å². The molecule has 0 unspecified atom stereocenters. The number of ether oxygens (including phenoxy) is 1. The number of hydrogen-bond donors (Lipinski definition) is 0. The van der Waals surface area contributed by atoms with Crippen molar-refractivity contribution in [3.8, 4) is 11.5 Å². The first kappa shape index (κ1) is 18.4. The Kier molecular flexibility index (Phi) is 5.43. The molecule has 0 N–H and O–H groups in total. The van der Waals surface area contributed by atoms with Crippen LogP contribution in [-0.4, -0.2) is 11.7 Å². The molecule has 1 heterocycles. The molecule has 0 bridgehead atoms. The first-order valence-corrected chi connectivity index (χ1v) is 10.5. The zero-order valence-corrected chi connectivity index (χ0v) is 17.3. The predicted octanol–water partition coefficient (Wildman–Crippen LogP) is 6.67. The largest absolute Gasteiger partial charge is 0.457 e. The van der Waals surface area contributed by atoms with Crippen LogP contribution in [0.4, 0.5) is 5.69 Å². The third kappa shape index (κ3) is 4.15. The topological polar surface area (TPSA) is 29.5 Å². The van der Waals surface area contributed by atoms with Gasteiger partial charge in [-0.1, -0.05) is 39.7 Å². The number of benzene rings is 3. The van der Waals surface area contributed by atoms with E-state index >= 15 is 0 Å². The monoisotopic (exact) mass is 459 g/mol. The Balaban J connectivity index is 1.55. The zero-order chi connectivity index (χ0) is 18.8. The summed E-state index contributed by atoms with van der Waals surface area (Å²) < 4.78 is 6.85. The van der Waals surface area contributed by atoms with Crippen molar-refractivity contribution < 1.29 is 9.53 Å². The van der Waals surface area contributed by atoms with E-state index < -0.39 is 0 Å². The normalized spacial score (nSPS) is 16.6. The third-order valence-electron chi connectivity index (χ3n) is 4.19. The lowest BCUT2D eigenvalue weighted by molar-refractivity contribution is -0.115. The molecule has 1 aliphatic heterocycles. The number of nitrogens with zero attached hydrogens (tertiary/aromatic N) is 1. The van der Waals surface area contributed by atoms with E-state index in [2.05, 4.69) is 15.9 Å². The molecule has 1 atom stereocenters. The smallest absolute Gasteiger partial charge is 0.238 e. The Morgan fingerprint density at radius 3 is 2.15 bits per heavy atom. The molecule has 3 nitrogen and oxygen atoms in total. The van der Waals surface area contributed by atoms with Crippen LogP contribution < -0.4 is 9.64 Å². The van der Waals surface area contributed by atoms with Gasteiger partial charge in [0.05, 0.1) is 5.75 Å². The molecular weight excluding hydrogens is 446 g/mol. The summed E-state index contributed by atoms with van der Waals surface area (Å²) in [5.41, 5.74) is 1.97. The van der Waals surface area contributed by atoms with E-state index in [9.17, 15) is 4.79 Å². The molecule has 4 rings (SSSR count). The molecular formula is C21H15BrClNO2S. The second-order valence-corrected chi connectivity index (χ2v) is 8.45. The lowest BCUT2D eigenvalue weighted by Crippen LogP contribution is -2.27. The molecule has 3 aromatic carbocycles. The molecule has 1 amide bonds. The van der Waals surface area contributed by atoms with Gasteiger partial charge in [-0.25, -0.2) is 0 Å². The molecule has 0 aliphatic carbocycles. The lowest BCUT2D eigenvalue weighted by Gasteiger charge is -2.24. The highest BCUT2D eigenvalue weighted by Gasteiger charge is 2.33. The number of carbonyl (C=O) groups excluding carboxylic acids is 1. The van der Waals surface area contributed by atoms with Gasteiger partial charge in [-0.05, 0) is 66.2 Å². The molecule has 0 aromatic heterocycles. The van der Waals surface area contributed by atoms with Crippen LogP contribution in [0.3, 0.4) is 0 Å². The fraction of sp³-hybridized carbons (Fsp3) is 0.0952. The first-order chi connectivity index (χ1) is 13.1. The number of carbonyl (C=O) groups is 1. The quantitative estimate of drug-likeness (QED) is 0.435. The summed E-state index contributed by atoms with van der Waals surface area (Å²) in [7, 11) is 0. The van der Waals surface area contributed by atoms with Crippen LogP contribution in [-0.2, 0) is 4.79 Å². The van der Waals surface area contributed by atoms with Gasteiger partial charge in [-0.15, -0.1) is 11.8 Å². The third-order valence-corrected chi connectivity index (χ3v) is 6.18. The molecule has 3 aromatic rings. The maximum Gasteiger partial charge on any atom is 0.238 e. The summed E-state index contributed by atoms with van der Waals surface area (Å²) in [6, 6.07) is 22.9. The highest BCUT2D eigenvalue weighted by atomic mass is 79.9. The van der Waals surface area contributed by atoms with Crippen molar-refractivity contribution in [1.82, 2.24) is 0 Å². The minimum Gasteiger partial charge on any atom is -0.457 e. The SMILES string of the molecule is O=C1CS[C@@H](c2ccc(Br)cc2)N1c1ccc(Oc2ccc(Cl)cc2)cc1. The average molecular weight is 461 g/mol. The van der Waals surface area contributed by atoms with Crippen LogP contribution in [0.2, 0.25) is 5.02 Å². The van der Waals surface area contributed by atoms with Crippen molar-refractivity contribution in [3.63, 3.8) is 0 Å². The van der Waals surface area contributed by atoms with Crippen molar-refractivity contribution in [2.75, 3.05) is 10.7 Å². The van der Waals surface area contributed by atoms with Gasteiger partial charge in [-0.2, -0.15) is 0 Å². The molecule has 27 heavy (non-hydrogen) atoms. The summed E-state index contributed by atoms with van der Waals surface area (Å²) in [4.78, 5) is 14.3. The Labute approximate surface area is 175 Å². The number of amides is 1. The molecule has 136 valence electrons. The van der Waals surface area contributed by atoms with Crippen LogP contribution in [0.1, 0.15) is 10.9 Å². The van der Waals surface area contributed by atoms with Crippen LogP contribution in [0, 0.1) is 0 Å². The average Bonchev–Trinajstić information content (AvgIpc) is 3.06. The van der Waals surface area contributed by atoms with Crippen molar-refractivity contribution in [2.24, 2.45) is 0 Å². The van der Waals surface area contributed by atoms with E-state index in [4.69, 9.17) is 16.3 Å². The van der Waals surface area contributed by atoms with Crippen LogP contribution >= 0.6 is 39.3 Å². The fourth-order valence-corrected chi connectivity index (χ4v) is 4.46. The van der Waals surface area contributed by atoms with Crippen molar-refractivity contribution in [3.05, 3.63) is 87.9 Å². The van der Waals surface area contributed by atoms with Gasteiger partial charge < -0.3 is 4.74 Å². The Morgan fingerprint density at radius 2 is 1.52 bits per heavy atom. The van der Waals surface area contributed by atoms with E-state index in [0.29, 0.717) is 22.3 Å². The maximum atomic E-state index is 12.5. The van der Waals surface area contributed by atoms with Crippen molar-refractivity contribution in [1.29, 1.82) is 0 Å². The lowest BCUT2D eigenvalue weighted by atomic mass is 10.2. The highest BCUT2D eigenvalue weighted by Crippen LogP contribution is 2.42. The number of hydrogen-bond acceptors (Lipinski definition) is 3. The van der Waals surface area contributed by atoms with E-state index in [1.807, 2.05) is 65.6 Å². The molecule has 1 fully saturated rings. The second kappa shape index (κ2) is 7.97. The van der Waals surface area contributed by atoms with Gasteiger partial charge in [0.15, 0.2) is 0 Å². The summed E-state index contributed by atoms with van der Waals surface area (Å²) in [6.07, 6.45) is 0. The molecule has 1 saturated heterocycles. The fourth-order valence-electron chi connectivity index (χ4n) is 2.89. The highest BCUT2D eigenvalue weighted by molar-refractivity contribution is 9.10. The second-order valence-electron chi connectivity index (χ2n) is 6.03. The number of rotatable bonds is 4. The number of halogens is 2. The minimum atomic E-state index is -0.0198. The van der Waals surface area contributed by atoms with E-state index in [1.165, 1.54) is 0 Å². The Morgan fingerprint density at radius 1 is 0.926 bits per heavy atom. The van der Waals surface area contributed by atoms with Crippen LogP contribution in [0.15, 0.2) is 77.3 Å². The first-order valence-electron chi connectivity index (χ1n) is 8.33. The summed E-state index contributed by atoms with van der Waals surface area (Å²) in [6.45, 7) is 0.